The number of rotatable bonds is 8. The Hall–Kier alpha value is -0.520. The minimum atomic E-state index is -4.27. The van der Waals surface area contributed by atoms with Crippen molar-refractivity contribution in [2.75, 3.05) is 18.3 Å². The van der Waals surface area contributed by atoms with E-state index in [-0.39, 0.29) is 4.90 Å². The monoisotopic (exact) mass is 346 g/mol. The molecule has 3 nitrogen and oxygen atoms in total. The van der Waals surface area contributed by atoms with Gasteiger partial charge in [-0.15, -0.1) is 0 Å². The second-order valence-electron chi connectivity index (χ2n) is 5.72. The fourth-order valence-electron chi connectivity index (χ4n) is 1.88. The van der Waals surface area contributed by atoms with Gasteiger partial charge in [-0.1, -0.05) is 50.3 Å². The number of unbranched alkanes of at least 4 members (excludes halogenated alkanes) is 5. The third-order valence-corrected chi connectivity index (χ3v) is 5.17. The van der Waals surface area contributed by atoms with Crippen molar-refractivity contribution in [3.8, 4) is 0 Å². The van der Waals surface area contributed by atoms with E-state index in [0.717, 1.165) is 5.56 Å². The summed E-state index contributed by atoms with van der Waals surface area (Å²) in [5.74, 6) is 1.45. The molecule has 0 atom stereocenters. The highest BCUT2D eigenvalue weighted by atomic mass is 32.2. The summed E-state index contributed by atoms with van der Waals surface area (Å²) < 4.78 is 31.2. The van der Waals surface area contributed by atoms with E-state index in [1.165, 1.54) is 56.4 Å². The maximum absolute atomic E-state index is 10.4. The molecule has 0 aliphatic heterocycles. The van der Waals surface area contributed by atoms with Gasteiger partial charge in [-0.05, 0) is 42.8 Å². The molecule has 22 heavy (non-hydrogen) atoms. The second-order valence-corrected chi connectivity index (χ2v) is 9.48. The molecule has 0 spiro atoms. The molecule has 0 bridgehead atoms. The van der Waals surface area contributed by atoms with E-state index in [1.54, 1.807) is 12.1 Å². The highest BCUT2D eigenvalue weighted by Crippen LogP contribution is 2.08. The maximum Gasteiger partial charge on any atom is 0.124 e. The van der Waals surface area contributed by atoms with Crippen molar-refractivity contribution in [2.45, 2.75) is 57.3 Å². The Morgan fingerprint density at radius 1 is 0.955 bits per heavy atom. The smallest absolute Gasteiger partial charge is 0.124 e. The average Bonchev–Trinajstić information content (AvgIpc) is 2.42. The minimum Gasteiger partial charge on any atom is -0.744 e. The molecular weight excluding hydrogens is 316 g/mol. The Morgan fingerprint density at radius 2 is 1.45 bits per heavy atom. The molecule has 0 unspecified atom stereocenters. The van der Waals surface area contributed by atoms with E-state index in [2.05, 4.69) is 19.4 Å². The van der Waals surface area contributed by atoms with Crippen molar-refractivity contribution in [2.24, 2.45) is 0 Å². The zero-order chi connectivity index (χ0) is 17.0. The Labute approximate surface area is 139 Å². The highest BCUT2D eigenvalue weighted by molar-refractivity contribution is 7.95. The molecule has 0 heterocycles. The first kappa shape index (κ1) is 21.5. The first-order valence-corrected chi connectivity index (χ1v) is 11.5. The van der Waals surface area contributed by atoms with Crippen LogP contribution in [0.2, 0.25) is 0 Å². The molecule has 1 aromatic carbocycles. The van der Waals surface area contributed by atoms with Crippen LogP contribution in [0.1, 0.15) is 51.0 Å². The lowest BCUT2D eigenvalue weighted by atomic mass is 10.1. The van der Waals surface area contributed by atoms with Gasteiger partial charge in [-0.25, -0.2) is 8.42 Å². The summed E-state index contributed by atoms with van der Waals surface area (Å²) in [5.41, 5.74) is 0.928. The van der Waals surface area contributed by atoms with Gasteiger partial charge >= 0.3 is 0 Å². The topological polar surface area (TPSA) is 57.2 Å². The third kappa shape index (κ3) is 12.1. The summed E-state index contributed by atoms with van der Waals surface area (Å²) in [6, 6.07) is 5.78. The van der Waals surface area contributed by atoms with Crippen LogP contribution in [0.25, 0.3) is 0 Å². The van der Waals surface area contributed by atoms with Crippen molar-refractivity contribution in [3.63, 3.8) is 0 Å². The molecule has 1 rings (SSSR count). The van der Waals surface area contributed by atoms with Crippen LogP contribution in [0.15, 0.2) is 29.2 Å². The van der Waals surface area contributed by atoms with Gasteiger partial charge < -0.3 is 4.55 Å². The Morgan fingerprint density at radius 3 is 1.91 bits per heavy atom. The quantitative estimate of drug-likeness (QED) is 0.404. The number of benzene rings is 1. The van der Waals surface area contributed by atoms with Crippen LogP contribution >= 0.6 is 0 Å². The molecule has 0 aliphatic rings. The van der Waals surface area contributed by atoms with Crippen LogP contribution in [-0.2, 0) is 21.0 Å². The van der Waals surface area contributed by atoms with Gasteiger partial charge in [0.15, 0.2) is 0 Å². The van der Waals surface area contributed by atoms with Crippen LogP contribution < -0.4 is 0 Å². The lowest BCUT2D eigenvalue weighted by Crippen LogP contribution is -2.00. The van der Waals surface area contributed by atoms with Crippen LogP contribution in [0, 0.1) is 6.92 Å². The molecule has 0 aromatic heterocycles. The number of hydrogen-bond donors (Lipinski definition) is 0. The van der Waals surface area contributed by atoms with Crippen molar-refractivity contribution < 1.29 is 13.0 Å². The SMILES string of the molecule is CCCCCCCC[S+](C)C.Cc1ccc(S(=O)(=O)[O-])cc1. The van der Waals surface area contributed by atoms with Gasteiger partial charge in [0, 0.05) is 0 Å². The second kappa shape index (κ2) is 12.0. The fourth-order valence-corrected chi connectivity index (χ4v) is 3.13. The number of aryl methyl sites for hydroxylation is 1. The Kier molecular flexibility index (Phi) is 11.7. The van der Waals surface area contributed by atoms with E-state index in [4.69, 9.17) is 0 Å². The van der Waals surface area contributed by atoms with E-state index < -0.39 is 10.1 Å². The van der Waals surface area contributed by atoms with Crippen molar-refractivity contribution in [3.05, 3.63) is 29.8 Å². The molecule has 0 radical (unpaired) electrons. The van der Waals surface area contributed by atoms with E-state index in [1.807, 2.05) is 6.92 Å². The predicted octanol–water partition coefficient (Wildman–Crippen LogP) is 4.12. The zero-order valence-electron chi connectivity index (χ0n) is 14.3. The molecule has 0 aliphatic carbocycles. The number of hydrogen-bond acceptors (Lipinski definition) is 3. The molecule has 0 fully saturated rings. The first-order valence-electron chi connectivity index (χ1n) is 7.84. The summed E-state index contributed by atoms with van der Waals surface area (Å²) in [6.07, 6.45) is 13.3. The molecule has 0 N–H and O–H groups in total. The van der Waals surface area contributed by atoms with Gasteiger partial charge in [-0.3, -0.25) is 0 Å². The first-order chi connectivity index (χ1) is 10.3. The summed E-state index contributed by atoms with van der Waals surface area (Å²) in [6.45, 7) is 4.09. The molecular formula is C17H30O3S2. The standard InChI is InChI=1S/C10H23S.C7H8O3S/c1-4-5-6-7-8-9-10-11(2)3;1-6-2-4-7(5-3-6)11(8,9)10/h4-10H2,1-3H3;2-5H,1H3,(H,8,9,10)/q+1;/p-1. The molecule has 1 aromatic rings. The van der Waals surface area contributed by atoms with E-state index in [9.17, 15) is 13.0 Å². The summed E-state index contributed by atoms with van der Waals surface area (Å²) in [5, 5.41) is 0. The molecule has 128 valence electrons. The van der Waals surface area contributed by atoms with Crippen LogP contribution in [-0.4, -0.2) is 31.2 Å². The average molecular weight is 347 g/mol. The van der Waals surface area contributed by atoms with Gasteiger partial charge in [0.2, 0.25) is 0 Å². The molecule has 0 saturated carbocycles. The van der Waals surface area contributed by atoms with Gasteiger partial charge in [-0.2, -0.15) is 0 Å². The summed E-state index contributed by atoms with van der Waals surface area (Å²) in [7, 11) is -3.59. The van der Waals surface area contributed by atoms with Gasteiger partial charge in [0.25, 0.3) is 0 Å². The largest absolute Gasteiger partial charge is 0.744 e. The van der Waals surface area contributed by atoms with E-state index in [0.29, 0.717) is 10.9 Å². The van der Waals surface area contributed by atoms with Crippen molar-refractivity contribution in [1.29, 1.82) is 0 Å². The molecule has 0 amide bonds. The summed E-state index contributed by atoms with van der Waals surface area (Å²) in [4.78, 5) is -0.178. The zero-order valence-corrected chi connectivity index (χ0v) is 15.9. The highest BCUT2D eigenvalue weighted by Gasteiger charge is 2.00. The third-order valence-electron chi connectivity index (χ3n) is 3.22. The normalized spacial score (nSPS) is 11.2. The van der Waals surface area contributed by atoms with Crippen LogP contribution in [0.4, 0.5) is 0 Å². The lowest BCUT2D eigenvalue weighted by Gasteiger charge is -2.05. The Bertz CT molecular complexity index is 479. The van der Waals surface area contributed by atoms with Crippen LogP contribution in [0.3, 0.4) is 0 Å². The Balaban J connectivity index is 0.000000401. The predicted molar refractivity (Wildman–Crippen MR) is 96.6 cm³/mol. The van der Waals surface area contributed by atoms with Crippen molar-refractivity contribution in [1.82, 2.24) is 0 Å². The molecule has 0 saturated heterocycles. The fraction of sp³-hybridized carbons (Fsp3) is 0.647. The van der Waals surface area contributed by atoms with Gasteiger partial charge in [0.05, 0.1) is 17.4 Å². The summed E-state index contributed by atoms with van der Waals surface area (Å²) >= 11 is 0. The van der Waals surface area contributed by atoms with E-state index >= 15 is 0 Å². The maximum atomic E-state index is 10.4. The molecule has 5 heteroatoms. The minimum absolute atomic E-state index is 0.178. The van der Waals surface area contributed by atoms with Gasteiger partial charge in [0.1, 0.15) is 15.9 Å². The van der Waals surface area contributed by atoms with Crippen LogP contribution in [0.5, 0.6) is 0 Å². The lowest BCUT2D eigenvalue weighted by molar-refractivity contribution is 0.463. The van der Waals surface area contributed by atoms with Crippen molar-refractivity contribution >= 4 is 21.0 Å².